The van der Waals surface area contributed by atoms with Gasteiger partial charge in [-0.15, -0.1) is 0 Å². The maximum Gasteiger partial charge on any atom is 0.245 e. The first-order valence-corrected chi connectivity index (χ1v) is 5.18. The fraction of sp³-hybridized carbons (Fsp3) is 0.455. The largest absolute Gasteiger partial charge is 0.320 e. The minimum Gasteiger partial charge on any atom is -0.320 e. The Labute approximate surface area is 88.1 Å². The molecule has 4 nitrogen and oxygen atoms in total. The van der Waals surface area contributed by atoms with Crippen molar-refractivity contribution in [3.63, 3.8) is 0 Å². The fourth-order valence-electron chi connectivity index (χ4n) is 2.46. The second-order valence-corrected chi connectivity index (χ2v) is 4.35. The van der Waals surface area contributed by atoms with E-state index >= 15 is 0 Å². The average molecular weight is 203 g/mol. The summed E-state index contributed by atoms with van der Waals surface area (Å²) in [7, 11) is 1.75. The quantitative estimate of drug-likeness (QED) is 0.667. The summed E-state index contributed by atoms with van der Waals surface area (Å²) in [6.07, 6.45) is 2.75. The number of rotatable bonds is 0. The van der Waals surface area contributed by atoms with Gasteiger partial charge < -0.3 is 5.73 Å². The molecule has 3 rings (SSSR count). The molecule has 0 saturated heterocycles. The molecule has 1 aliphatic heterocycles. The van der Waals surface area contributed by atoms with Crippen LogP contribution >= 0.6 is 0 Å². The monoisotopic (exact) mass is 203 g/mol. The Hall–Kier alpha value is -1.42. The highest BCUT2D eigenvalue weighted by Crippen LogP contribution is 2.53. The number of carbonyl (C=O) groups is 1. The highest BCUT2D eigenvalue weighted by molar-refractivity contribution is 5.98. The summed E-state index contributed by atoms with van der Waals surface area (Å²) in [5.74, 6) is 1.53. The van der Waals surface area contributed by atoms with Crippen LogP contribution < -0.4 is 10.6 Å². The van der Waals surface area contributed by atoms with Crippen molar-refractivity contribution < 1.29 is 4.79 Å². The summed E-state index contributed by atoms with van der Waals surface area (Å²) in [6.45, 7) is 0. The second kappa shape index (κ2) is 2.79. The molecule has 1 saturated carbocycles. The lowest BCUT2D eigenvalue weighted by Crippen LogP contribution is -2.42. The van der Waals surface area contributed by atoms with Crippen molar-refractivity contribution in [2.45, 2.75) is 18.4 Å². The predicted octanol–water partition coefficient (Wildman–Crippen LogP) is 0.489. The van der Waals surface area contributed by atoms with E-state index in [1.54, 1.807) is 18.1 Å². The third-order valence-electron chi connectivity index (χ3n) is 3.45. The number of hydrogen-bond donors (Lipinski definition) is 1. The van der Waals surface area contributed by atoms with Crippen molar-refractivity contribution in [3.8, 4) is 0 Å². The first kappa shape index (κ1) is 8.85. The van der Waals surface area contributed by atoms with E-state index in [9.17, 15) is 4.79 Å². The van der Waals surface area contributed by atoms with Crippen LogP contribution in [0.25, 0.3) is 0 Å². The van der Waals surface area contributed by atoms with Crippen LogP contribution in [0.4, 0.5) is 5.82 Å². The Morgan fingerprint density at radius 2 is 2.40 bits per heavy atom. The first-order chi connectivity index (χ1) is 7.20. The van der Waals surface area contributed by atoms with Crippen LogP contribution in [0.3, 0.4) is 0 Å². The summed E-state index contributed by atoms with van der Waals surface area (Å²) in [5.41, 5.74) is 7.09. The molecule has 0 radical (unpaired) electrons. The molecular formula is C11H13N3O. The molecule has 1 fully saturated rings. The Kier molecular flexibility index (Phi) is 1.65. The molecule has 1 amide bonds. The Balaban J connectivity index is 2.14. The van der Waals surface area contributed by atoms with Crippen molar-refractivity contribution in [3.05, 3.63) is 23.9 Å². The van der Waals surface area contributed by atoms with Gasteiger partial charge in [0.1, 0.15) is 5.82 Å². The van der Waals surface area contributed by atoms with Gasteiger partial charge in [0.25, 0.3) is 0 Å². The fourth-order valence-corrected chi connectivity index (χ4v) is 2.46. The highest BCUT2D eigenvalue weighted by Gasteiger charge is 2.50. The second-order valence-electron chi connectivity index (χ2n) is 4.35. The minimum atomic E-state index is -0.353. The molecule has 2 heterocycles. The Bertz CT molecular complexity index is 432. The van der Waals surface area contributed by atoms with E-state index in [1.807, 2.05) is 6.07 Å². The van der Waals surface area contributed by atoms with E-state index in [1.165, 1.54) is 5.56 Å². The minimum absolute atomic E-state index is 0.0139. The molecule has 0 spiro atoms. The summed E-state index contributed by atoms with van der Waals surface area (Å²) in [5, 5.41) is 0. The molecule has 1 aliphatic carbocycles. The van der Waals surface area contributed by atoms with Crippen molar-refractivity contribution in [2.24, 2.45) is 11.7 Å². The lowest BCUT2D eigenvalue weighted by Gasteiger charge is -2.19. The SMILES string of the molecule is CN1C(=O)[C@@H](N)[C@H]2C[C@H]2c2cccnc21. The van der Waals surface area contributed by atoms with Gasteiger partial charge in [-0.05, 0) is 29.9 Å². The zero-order chi connectivity index (χ0) is 10.6. The van der Waals surface area contributed by atoms with Crippen LogP contribution in [0.15, 0.2) is 18.3 Å². The van der Waals surface area contributed by atoms with Gasteiger partial charge in [0.2, 0.25) is 5.91 Å². The predicted molar refractivity (Wildman–Crippen MR) is 56.5 cm³/mol. The van der Waals surface area contributed by atoms with E-state index in [2.05, 4.69) is 11.1 Å². The number of nitrogens with two attached hydrogens (primary N) is 1. The number of amides is 1. The topological polar surface area (TPSA) is 59.2 Å². The molecule has 0 aromatic carbocycles. The first-order valence-electron chi connectivity index (χ1n) is 5.18. The normalized spacial score (nSPS) is 33.1. The molecule has 2 N–H and O–H groups in total. The molecular weight excluding hydrogens is 190 g/mol. The van der Waals surface area contributed by atoms with Gasteiger partial charge >= 0.3 is 0 Å². The zero-order valence-corrected chi connectivity index (χ0v) is 8.55. The smallest absolute Gasteiger partial charge is 0.245 e. The molecule has 15 heavy (non-hydrogen) atoms. The number of pyridine rings is 1. The van der Waals surface area contributed by atoms with Gasteiger partial charge in [0.15, 0.2) is 0 Å². The van der Waals surface area contributed by atoms with Gasteiger partial charge in [0, 0.05) is 13.2 Å². The van der Waals surface area contributed by atoms with Crippen LogP contribution in [0.2, 0.25) is 0 Å². The van der Waals surface area contributed by atoms with Gasteiger partial charge in [-0.3, -0.25) is 9.69 Å². The lowest BCUT2D eigenvalue weighted by atomic mass is 10.1. The van der Waals surface area contributed by atoms with Crippen LogP contribution in [-0.2, 0) is 4.79 Å². The van der Waals surface area contributed by atoms with E-state index in [0.29, 0.717) is 11.8 Å². The molecule has 2 aliphatic rings. The zero-order valence-electron chi connectivity index (χ0n) is 8.55. The van der Waals surface area contributed by atoms with E-state index in [-0.39, 0.29) is 11.9 Å². The van der Waals surface area contributed by atoms with Crippen LogP contribution in [0, 0.1) is 5.92 Å². The van der Waals surface area contributed by atoms with Gasteiger partial charge in [-0.25, -0.2) is 4.98 Å². The molecule has 1 aromatic rings. The third-order valence-corrected chi connectivity index (χ3v) is 3.45. The van der Waals surface area contributed by atoms with Crippen LogP contribution in [-0.4, -0.2) is 24.0 Å². The van der Waals surface area contributed by atoms with Crippen molar-refractivity contribution in [2.75, 3.05) is 11.9 Å². The lowest BCUT2D eigenvalue weighted by molar-refractivity contribution is -0.119. The summed E-state index contributed by atoms with van der Waals surface area (Å²) < 4.78 is 0. The average Bonchev–Trinajstić information content (AvgIpc) is 3.05. The number of fused-ring (bicyclic) bond motifs is 3. The van der Waals surface area contributed by atoms with E-state index < -0.39 is 0 Å². The van der Waals surface area contributed by atoms with Gasteiger partial charge in [0.05, 0.1) is 6.04 Å². The highest BCUT2D eigenvalue weighted by atomic mass is 16.2. The number of anilines is 1. The number of aromatic nitrogens is 1. The summed E-state index contributed by atoms with van der Waals surface area (Å²) in [6, 6.07) is 3.62. The maximum atomic E-state index is 11.9. The van der Waals surface area contributed by atoms with Crippen molar-refractivity contribution in [1.29, 1.82) is 0 Å². The Morgan fingerprint density at radius 1 is 1.60 bits per heavy atom. The summed E-state index contributed by atoms with van der Waals surface area (Å²) in [4.78, 5) is 17.8. The molecule has 4 heteroatoms. The molecule has 0 unspecified atom stereocenters. The Morgan fingerprint density at radius 3 is 3.20 bits per heavy atom. The standard InChI is InChI=1S/C11H13N3O/c1-14-10-6(3-2-4-13-10)7-5-8(7)9(12)11(14)15/h2-4,7-9H,5,12H2,1H3/t7-,8-,9-/m0/s1. The molecule has 0 bridgehead atoms. The van der Waals surface area contributed by atoms with E-state index in [0.717, 1.165) is 12.2 Å². The number of likely N-dealkylation sites (N-methyl/N-ethyl adjacent to an activating group) is 1. The molecule has 1 aromatic heterocycles. The van der Waals surface area contributed by atoms with E-state index in [4.69, 9.17) is 5.73 Å². The van der Waals surface area contributed by atoms with Crippen LogP contribution in [0.1, 0.15) is 17.9 Å². The number of hydrogen-bond acceptors (Lipinski definition) is 3. The summed E-state index contributed by atoms with van der Waals surface area (Å²) >= 11 is 0. The molecule has 78 valence electrons. The van der Waals surface area contributed by atoms with Crippen molar-refractivity contribution >= 4 is 11.7 Å². The van der Waals surface area contributed by atoms with Crippen molar-refractivity contribution in [1.82, 2.24) is 4.98 Å². The van der Waals surface area contributed by atoms with Gasteiger partial charge in [-0.2, -0.15) is 0 Å². The molecule has 3 atom stereocenters. The number of carbonyl (C=O) groups excluding carboxylic acids is 1. The van der Waals surface area contributed by atoms with Crippen LogP contribution in [0.5, 0.6) is 0 Å². The third kappa shape index (κ3) is 1.11. The van der Waals surface area contributed by atoms with Gasteiger partial charge in [-0.1, -0.05) is 6.07 Å². The number of nitrogens with zero attached hydrogens (tertiary/aromatic N) is 2. The maximum absolute atomic E-state index is 11.9.